The Morgan fingerprint density at radius 3 is 2.68 bits per heavy atom. The fraction of sp³-hybridized carbons (Fsp3) is 0.133. The van der Waals surface area contributed by atoms with Crippen LogP contribution in [0.2, 0.25) is 0 Å². The SMILES string of the molecule is COc1ccc(-c2ccc(C(N)=O)c3ncnn23)c(OC)c1. The van der Waals surface area contributed by atoms with Crippen LogP contribution in [0.1, 0.15) is 10.4 Å². The largest absolute Gasteiger partial charge is 0.497 e. The molecule has 7 heteroatoms. The normalized spacial score (nSPS) is 10.6. The van der Waals surface area contributed by atoms with Gasteiger partial charge in [0, 0.05) is 11.6 Å². The molecule has 3 rings (SSSR count). The summed E-state index contributed by atoms with van der Waals surface area (Å²) in [4.78, 5) is 15.6. The summed E-state index contributed by atoms with van der Waals surface area (Å²) in [5.74, 6) is 0.762. The van der Waals surface area contributed by atoms with Crippen LogP contribution in [0.5, 0.6) is 11.5 Å². The van der Waals surface area contributed by atoms with E-state index in [0.29, 0.717) is 22.7 Å². The van der Waals surface area contributed by atoms with Crippen molar-refractivity contribution in [3.8, 4) is 22.8 Å². The molecule has 3 aromatic rings. The van der Waals surface area contributed by atoms with Crippen LogP contribution in [0.25, 0.3) is 16.9 Å². The highest BCUT2D eigenvalue weighted by Gasteiger charge is 2.16. The number of primary amides is 1. The third-order valence-corrected chi connectivity index (χ3v) is 3.37. The molecular weight excluding hydrogens is 284 g/mol. The van der Waals surface area contributed by atoms with Gasteiger partial charge in [-0.1, -0.05) is 0 Å². The lowest BCUT2D eigenvalue weighted by Crippen LogP contribution is -2.13. The number of methoxy groups -OCH3 is 2. The molecule has 0 bridgehead atoms. The fourth-order valence-electron chi connectivity index (χ4n) is 2.32. The van der Waals surface area contributed by atoms with Crippen LogP contribution in [-0.2, 0) is 0 Å². The van der Waals surface area contributed by atoms with Gasteiger partial charge in [0.25, 0.3) is 5.91 Å². The molecule has 1 aromatic carbocycles. The molecule has 2 N–H and O–H groups in total. The van der Waals surface area contributed by atoms with E-state index in [1.54, 1.807) is 36.9 Å². The van der Waals surface area contributed by atoms with Crippen molar-refractivity contribution in [2.75, 3.05) is 14.2 Å². The molecule has 2 heterocycles. The Bertz CT molecular complexity index is 857. The summed E-state index contributed by atoms with van der Waals surface area (Å²) in [5.41, 5.74) is 7.61. The number of pyridine rings is 1. The smallest absolute Gasteiger partial charge is 0.252 e. The topological polar surface area (TPSA) is 91.7 Å². The Balaban J connectivity index is 2.25. The summed E-state index contributed by atoms with van der Waals surface area (Å²) in [6, 6.07) is 8.85. The number of nitrogens with two attached hydrogens (primary N) is 1. The van der Waals surface area contributed by atoms with Gasteiger partial charge in [0.2, 0.25) is 0 Å². The number of fused-ring (bicyclic) bond motifs is 1. The first kappa shape index (κ1) is 13.9. The Morgan fingerprint density at radius 2 is 2.00 bits per heavy atom. The van der Waals surface area contributed by atoms with Crippen molar-refractivity contribution in [1.29, 1.82) is 0 Å². The molecule has 1 amide bonds. The highest BCUT2D eigenvalue weighted by molar-refractivity contribution is 5.99. The number of amides is 1. The van der Waals surface area contributed by atoms with Crippen LogP contribution in [0.15, 0.2) is 36.7 Å². The van der Waals surface area contributed by atoms with Gasteiger partial charge in [0.1, 0.15) is 17.8 Å². The van der Waals surface area contributed by atoms with Crippen LogP contribution >= 0.6 is 0 Å². The average Bonchev–Trinajstić information content (AvgIpc) is 3.02. The first-order chi connectivity index (χ1) is 10.7. The van der Waals surface area contributed by atoms with Gasteiger partial charge in [-0.15, -0.1) is 0 Å². The van der Waals surface area contributed by atoms with E-state index in [-0.39, 0.29) is 0 Å². The lowest BCUT2D eigenvalue weighted by atomic mass is 10.1. The zero-order valence-corrected chi connectivity index (χ0v) is 12.1. The van der Waals surface area contributed by atoms with E-state index in [1.165, 1.54) is 6.33 Å². The maximum absolute atomic E-state index is 11.5. The highest BCUT2D eigenvalue weighted by atomic mass is 16.5. The van der Waals surface area contributed by atoms with Gasteiger partial charge in [-0.05, 0) is 24.3 Å². The molecule has 0 saturated carbocycles. The van der Waals surface area contributed by atoms with Crippen molar-refractivity contribution in [3.63, 3.8) is 0 Å². The lowest BCUT2D eigenvalue weighted by Gasteiger charge is -2.12. The standard InChI is InChI=1S/C15H14N4O3/c1-21-9-3-4-10(13(7-9)22-2)12-6-5-11(14(16)20)15-17-8-18-19(12)15/h3-8H,1-2H3,(H2,16,20). The first-order valence-electron chi connectivity index (χ1n) is 6.50. The van der Waals surface area contributed by atoms with Gasteiger partial charge in [-0.3, -0.25) is 4.79 Å². The molecule has 7 nitrogen and oxygen atoms in total. The summed E-state index contributed by atoms with van der Waals surface area (Å²) >= 11 is 0. The molecule has 112 valence electrons. The number of ether oxygens (including phenoxy) is 2. The zero-order valence-electron chi connectivity index (χ0n) is 12.1. The van der Waals surface area contributed by atoms with E-state index in [4.69, 9.17) is 15.2 Å². The molecule has 0 saturated heterocycles. The van der Waals surface area contributed by atoms with Gasteiger partial charge >= 0.3 is 0 Å². The van der Waals surface area contributed by atoms with Crippen LogP contribution in [-0.4, -0.2) is 34.7 Å². The maximum Gasteiger partial charge on any atom is 0.252 e. The Kier molecular flexibility index (Phi) is 3.38. The van der Waals surface area contributed by atoms with E-state index in [0.717, 1.165) is 11.3 Å². The van der Waals surface area contributed by atoms with Gasteiger partial charge in [-0.2, -0.15) is 5.10 Å². The Morgan fingerprint density at radius 1 is 1.18 bits per heavy atom. The molecule has 0 aliphatic rings. The number of carbonyl (C=O) groups excluding carboxylic acids is 1. The average molecular weight is 298 g/mol. The number of aromatic nitrogens is 3. The van der Waals surface area contributed by atoms with Crippen LogP contribution < -0.4 is 15.2 Å². The summed E-state index contributed by atoms with van der Waals surface area (Å²) in [6.07, 6.45) is 1.38. The molecular formula is C15H14N4O3. The molecule has 0 radical (unpaired) electrons. The molecule has 0 atom stereocenters. The van der Waals surface area contributed by atoms with Crippen molar-refractivity contribution in [1.82, 2.24) is 14.6 Å². The van der Waals surface area contributed by atoms with E-state index in [2.05, 4.69) is 10.1 Å². The van der Waals surface area contributed by atoms with E-state index < -0.39 is 5.91 Å². The molecule has 22 heavy (non-hydrogen) atoms. The van der Waals surface area contributed by atoms with Gasteiger partial charge < -0.3 is 15.2 Å². The summed E-state index contributed by atoms with van der Waals surface area (Å²) in [7, 11) is 3.17. The Hall–Kier alpha value is -3.09. The van der Waals surface area contributed by atoms with Gasteiger partial charge in [-0.25, -0.2) is 9.50 Å². The van der Waals surface area contributed by atoms with Crippen molar-refractivity contribution in [3.05, 3.63) is 42.2 Å². The molecule has 2 aromatic heterocycles. The lowest BCUT2D eigenvalue weighted by molar-refractivity contribution is 0.100. The summed E-state index contributed by atoms with van der Waals surface area (Å²) in [5, 5.41) is 4.17. The fourth-order valence-corrected chi connectivity index (χ4v) is 2.32. The van der Waals surface area contributed by atoms with Crippen LogP contribution in [0.4, 0.5) is 0 Å². The molecule has 0 aliphatic heterocycles. The van der Waals surface area contributed by atoms with E-state index in [9.17, 15) is 4.79 Å². The second kappa shape index (κ2) is 5.36. The minimum atomic E-state index is -0.550. The van der Waals surface area contributed by atoms with Crippen molar-refractivity contribution < 1.29 is 14.3 Å². The quantitative estimate of drug-likeness (QED) is 0.788. The number of hydrogen-bond donors (Lipinski definition) is 1. The van der Waals surface area contributed by atoms with Gasteiger partial charge in [0.05, 0.1) is 25.5 Å². The molecule has 0 aliphatic carbocycles. The highest BCUT2D eigenvalue weighted by Crippen LogP contribution is 2.33. The van der Waals surface area contributed by atoms with E-state index in [1.807, 2.05) is 12.1 Å². The number of rotatable bonds is 4. The minimum Gasteiger partial charge on any atom is -0.497 e. The second-order valence-electron chi connectivity index (χ2n) is 4.56. The van der Waals surface area contributed by atoms with E-state index >= 15 is 0 Å². The van der Waals surface area contributed by atoms with Crippen molar-refractivity contribution in [2.24, 2.45) is 5.73 Å². The second-order valence-corrected chi connectivity index (χ2v) is 4.56. The minimum absolute atomic E-state index is 0.314. The monoisotopic (exact) mass is 298 g/mol. The number of hydrogen-bond acceptors (Lipinski definition) is 5. The zero-order chi connectivity index (χ0) is 15.7. The summed E-state index contributed by atoms with van der Waals surface area (Å²) in [6.45, 7) is 0. The van der Waals surface area contributed by atoms with Crippen molar-refractivity contribution >= 4 is 11.6 Å². The summed E-state index contributed by atoms with van der Waals surface area (Å²) < 4.78 is 12.2. The Labute approximate surface area is 126 Å². The molecule has 0 spiro atoms. The number of benzene rings is 1. The van der Waals surface area contributed by atoms with Crippen LogP contribution in [0, 0.1) is 0 Å². The first-order valence-corrected chi connectivity index (χ1v) is 6.50. The maximum atomic E-state index is 11.5. The molecule has 0 unspecified atom stereocenters. The third kappa shape index (κ3) is 2.12. The van der Waals surface area contributed by atoms with Gasteiger partial charge in [0.15, 0.2) is 5.65 Å². The van der Waals surface area contributed by atoms with Crippen LogP contribution in [0.3, 0.4) is 0 Å². The third-order valence-electron chi connectivity index (χ3n) is 3.37. The number of carbonyl (C=O) groups is 1. The predicted octanol–water partition coefficient (Wildman–Crippen LogP) is 1.51. The molecule has 0 fully saturated rings. The van der Waals surface area contributed by atoms with Crippen molar-refractivity contribution in [2.45, 2.75) is 0 Å². The predicted molar refractivity (Wildman–Crippen MR) is 80.0 cm³/mol. The number of nitrogens with zero attached hydrogens (tertiary/aromatic N) is 3.